The fourth-order valence-corrected chi connectivity index (χ4v) is 3.63. The van der Waals surface area contributed by atoms with Crippen molar-refractivity contribution in [3.8, 4) is 0 Å². The number of rotatable bonds is 4. The zero-order chi connectivity index (χ0) is 17.2. The highest BCUT2D eigenvalue weighted by Gasteiger charge is 2.30. The van der Waals surface area contributed by atoms with Crippen molar-refractivity contribution in [2.75, 3.05) is 31.3 Å². The number of anilines is 1. The summed E-state index contributed by atoms with van der Waals surface area (Å²) in [5.41, 5.74) is 0. The molecule has 1 saturated heterocycles. The first-order chi connectivity index (χ1) is 10.7. The first-order valence-corrected chi connectivity index (χ1v) is 9.77. The average Bonchev–Trinajstić information content (AvgIpc) is 2.52. The van der Waals surface area contributed by atoms with Gasteiger partial charge >= 0.3 is 0 Å². The fraction of sp³-hybridized carbons (Fsp3) is 0.625. The topological polar surface area (TPSA) is 70.6 Å². The lowest BCUT2D eigenvalue weighted by atomic mass is 9.95. The molecule has 2 rings (SSSR count). The van der Waals surface area contributed by atoms with Crippen LogP contribution in [0.3, 0.4) is 0 Å². The number of carbonyl (C=O) groups excluding carboxylic acids is 1. The molecule has 0 atom stereocenters. The third kappa shape index (κ3) is 4.02. The summed E-state index contributed by atoms with van der Waals surface area (Å²) in [7, 11) is -1.48. The predicted molar refractivity (Wildman–Crippen MR) is 90.2 cm³/mol. The van der Waals surface area contributed by atoms with E-state index in [4.69, 9.17) is 0 Å². The molecule has 0 aliphatic carbocycles. The highest BCUT2D eigenvalue weighted by Crippen LogP contribution is 2.28. The van der Waals surface area contributed by atoms with E-state index in [1.807, 2.05) is 25.8 Å². The standard InChI is InChI=1S/C16H25N3O3S/c1-12(2)18(3)16(20)13-7-10-19(11-8-13)15-14(23(4,21)22)6-5-9-17-15/h5-6,9,12-13H,7-8,10-11H2,1-4H3. The lowest BCUT2D eigenvalue weighted by Gasteiger charge is -2.35. The van der Waals surface area contributed by atoms with Crippen LogP contribution in [0.4, 0.5) is 5.82 Å². The predicted octanol–water partition coefficient (Wildman–Crippen LogP) is 1.57. The molecule has 23 heavy (non-hydrogen) atoms. The Kier molecular flexibility index (Phi) is 5.29. The molecule has 7 heteroatoms. The third-order valence-corrected chi connectivity index (χ3v) is 5.53. The second kappa shape index (κ2) is 6.86. The summed E-state index contributed by atoms with van der Waals surface area (Å²) in [4.78, 5) is 20.7. The van der Waals surface area contributed by atoms with Crippen LogP contribution in [-0.4, -0.2) is 56.6 Å². The highest BCUT2D eigenvalue weighted by molar-refractivity contribution is 7.90. The van der Waals surface area contributed by atoms with Crippen molar-refractivity contribution in [3.05, 3.63) is 18.3 Å². The summed E-state index contributed by atoms with van der Waals surface area (Å²) in [5, 5.41) is 0. The number of piperidine rings is 1. The number of pyridine rings is 1. The van der Waals surface area contributed by atoms with E-state index in [2.05, 4.69) is 4.98 Å². The Morgan fingerprint density at radius 3 is 2.48 bits per heavy atom. The summed E-state index contributed by atoms with van der Waals surface area (Å²) in [6.07, 6.45) is 4.24. The molecule has 0 spiro atoms. The molecule has 1 amide bonds. The summed E-state index contributed by atoms with van der Waals surface area (Å²) in [6, 6.07) is 3.41. The third-order valence-electron chi connectivity index (χ3n) is 4.42. The van der Waals surface area contributed by atoms with Crippen molar-refractivity contribution < 1.29 is 13.2 Å². The van der Waals surface area contributed by atoms with Crippen LogP contribution in [0.2, 0.25) is 0 Å². The van der Waals surface area contributed by atoms with Gasteiger partial charge in [0.05, 0.1) is 0 Å². The fourth-order valence-electron chi connectivity index (χ4n) is 2.79. The molecule has 0 unspecified atom stereocenters. The lowest BCUT2D eigenvalue weighted by Crippen LogP contribution is -2.43. The number of carbonyl (C=O) groups is 1. The van der Waals surface area contributed by atoms with Crippen LogP contribution in [0.25, 0.3) is 0 Å². The molecule has 1 aliphatic rings. The maximum atomic E-state index is 12.4. The minimum atomic E-state index is -3.32. The van der Waals surface area contributed by atoms with Gasteiger partial charge in [-0.3, -0.25) is 4.79 Å². The minimum absolute atomic E-state index is 0.00375. The molecular weight excluding hydrogens is 314 g/mol. The average molecular weight is 339 g/mol. The Hall–Kier alpha value is -1.63. The summed E-state index contributed by atoms with van der Waals surface area (Å²) < 4.78 is 23.8. The van der Waals surface area contributed by atoms with Gasteiger partial charge in [0.15, 0.2) is 9.84 Å². The van der Waals surface area contributed by atoms with E-state index in [1.165, 1.54) is 6.26 Å². The van der Waals surface area contributed by atoms with Crippen molar-refractivity contribution in [1.82, 2.24) is 9.88 Å². The van der Waals surface area contributed by atoms with Crippen LogP contribution in [0, 0.1) is 5.92 Å². The molecule has 1 aromatic rings. The highest BCUT2D eigenvalue weighted by atomic mass is 32.2. The Bertz CT molecular complexity index is 665. The quantitative estimate of drug-likeness (QED) is 0.833. The Balaban J connectivity index is 2.10. The number of hydrogen-bond donors (Lipinski definition) is 0. The maximum Gasteiger partial charge on any atom is 0.225 e. The van der Waals surface area contributed by atoms with Crippen molar-refractivity contribution in [1.29, 1.82) is 0 Å². The van der Waals surface area contributed by atoms with Crippen molar-refractivity contribution >= 4 is 21.6 Å². The van der Waals surface area contributed by atoms with Gasteiger partial charge in [-0.1, -0.05) is 0 Å². The van der Waals surface area contributed by atoms with Crippen LogP contribution in [0.5, 0.6) is 0 Å². The number of sulfone groups is 1. The largest absolute Gasteiger partial charge is 0.355 e. The molecule has 6 nitrogen and oxygen atoms in total. The molecule has 0 bridgehead atoms. The molecule has 0 N–H and O–H groups in total. The van der Waals surface area contributed by atoms with Crippen LogP contribution in [0.15, 0.2) is 23.2 Å². The number of amides is 1. The van der Waals surface area contributed by atoms with Crippen LogP contribution >= 0.6 is 0 Å². The van der Waals surface area contributed by atoms with Crippen molar-refractivity contribution in [2.45, 2.75) is 37.6 Å². The van der Waals surface area contributed by atoms with E-state index in [-0.39, 0.29) is 22.8 Å². The van der Waals surface area contributed by atoms with Crippen LogP contribution in [-0.2, 0) is 14.6 Å². The van der Waals surface area contributed by atoms with Gasteiger partial charge in [-0.15, -0.1) is 0 Å². The second-order valence-corrected chi connectivity index (χ2v) is 8.39. The van der Waals surface area contributed by atoms with Gasteiger partial charge in [0.25, 0.3) is 0 Å². The first kappa shape index (κ1) is 17.7. The van der Waals surface area contributed by atoms with E-state index in [1.54, 1.807) is 23.2 Å². The van der Waals surface area contributed by atoms with Crippen molar-refractivity contribution in [3.63, 3.8) is 0 Å². The number of hydrogen-bond acceptors (Lipinski definition) is 5. The SMILES string of the molecule is CC(C)N(C)C(=O)C1CCN(c2ncccc2S(C)(=O)=O)CC1. The Labute approximate surface area is 138 Å². The molecule has 1 fully saturated rings. The molecule has 1 aromatic heterocycles. The van der Waals surface area contributed by atoms with Gasteiger partial charge < -0.3 is 9.80 Å². The Morgan fingerprint density at radius 1 is 1.35 bits per heavy atom. The maximum absolute atomic E-state index is 12.4. The van der Waals surface area contributed by atoms with E-state index in [0.717, 1.165) is 12.8 Å². The zero-order valence-corrected chi connectivity index (χ0v) is 15.0. The van der Waals surface area contributed by atoms with E-state index in [0.29, 0.717) is 18.9 Å². The smallest absolute Gasteiger partial charge is 0.225 e. The molecule has 0 aromatic carbocycles. The monoisotopic (exact) mass is 339 g/mol. The summed E-state index contributed by atoms with van der Waals surface area (Å²) in [6.45, 7) is 5.28. The lowest BCUT2D eigenvalue weighted by molar-refractivity contribution is -0.136. The van der Waals surface area contributed by atoms with Gasteiger partial charge in [-0.25, -0.2) is 13.4 Å². The minimum Gasteiger partial charge on any atom is -0.355 e. The Morgan fingerprint density at radius 2 is 1.96 bits per heavy atom. The molecule has 0 radical (unpaired) electrons. The molecule has 0 saturated carbocycles. The first-order valence-electron chi connectivity index (χ1n) is 7.88. The molecule has 1 aliphatic heterocycles. The van der Waals surface area contributed by atoms with Crippen LogP contribution < -0.4 is 4.90 Å². The zero-order valence-electron chi connectivity index (χ0n) is 14.2. The van der Waals surface area contributed by atoms with E-state index < -0.39 is 9.84 Å². The summed E-state index contributed by atoms with van der Waals surface area (Å²) >= 11 is 0. The molecule has 2 heterocycles. The van der Waals surface area contributed by atoms with E-state index in [9.17, 15) is 13.2 Å². The summed E-state index contributed by atoms with van der Waals surface area (Å²) in [5.74, 6) is 0.672. The van der Waals surface area contributed by atoms with Gasteiger partial charge in [0.2, 0.25) is 5.91 Å². The van der Waals surface area contributed by atoms with Crippen LogP contribution in [0.1, 0.15) is 26.7 Å². The normalized spacial score (nSPS) is 16.7. The van der Waals surface area contributed by atoms with Gasteiger partial charge in [0, 0.05) is 44.5 Å². The molecule has 128 valence electrons. The van der Waals surface area contributed by atoms with Gasteiger partial charge in [-0.2, -0.15) is 0 Å². The van der Waals surface area contributed by atoms with Crippen molar-refractivity contribution in [2.24, 2.45) is 5.92 Å². The van der Waals surface area contributed by atoms with Gasteiger partial charge in [-0.05, 0) is 38.8 Å². The number of aromatic nitrogens is 1. The van der Waals surface area contributed by atoms with E-state index >= 15 is 0 Å². The molecular formula is C16H25N3O3S. The second-order valence-electron chi connectivity index (χ2n) is 6.40. The number of nitrogens with zero attached hydrogens (tertiary/aromatic N) is 3. The van der Waals surface area contributed by atoms with Gasteiger partial charge in [0.1, 0.15) is 10.7 Å².